The molecule has 47 heavy (non-hydrogen) atoms. The number of aliphatic hydroxyl groups excluding tert-OH is 1. The summed E-state index contributed by atoms with van der Waals surface area (Å²) in [7, 11) is 4.01. The van der Waals surface area contributed by atoms with Crippen molar-refractivity contribution in [3.05, 3.63) is 0 Å². The van der Waals surface area contributed by atoms with E-state index < -0.39 is 78.1 Å². The van der Waals surface area contributed by atoms with Crippen LogP contribution in [0.2, 0.25) is 0 Å². The van der Waals surface area contributed by atoms with E-state index in [-0.39, 0.29) is 59.2 Å². The molecule has 6 bridgehead atoms. The molecule has 258 valence electrons. The topological polar surface area (TPSA) is 169 Å². The van der Waals surface area contributed by atoms with Crippen molar-refractivity contribution in [1.29, 1.82) is 0 Å². The number of carbonyl (C=O) groups is 6. The zero-order valence-corrected chi connectivity index (χ0v) is 27.6. The van der Waals surface area contributed by atoms with Crippen molar-refractivity contribution >= 4 is 35.8 Å². The van der Waals surface area contributed by atoms with Crippen LogP contribution >= 0.6 is 0 Å². The van der Waals surface area contributed by atoms with Crippen LogP contribution in [0.15, 0.2) is 0 Å². The number of aliphatic hydroxyl groups is 1. The van der Waals surface area contributed by atoms with Crippen LogP contribution in [0.1, 0.15) is 46.0 Å². The Morgan fingerprint density at radius 1 is 0.638 bits per heavy atom. The first kappa shape index (κ1) is 32.5. The van der Waals surface area contributed by atoms with Crippen molar-refractivity contribution in [1.82, 2.24) is 0 Å². The van der Waals surface area contributed by atoms with E-state index in [1.165, 1.54) is 21.3 Å². The second-order valence-electron chi connectivity index (χ2n) is 15.6. The number of fused-ring (bicyclic) bond motifs is 6. The molecule has 0 aromatic carbocycles. The zero-order chi connectivity index (χ0) is 33.6. The minimum absolute atomic E-state index is 0.0841. The average Bonchev–Trinajstić information content (AvgIpc) is 3.92. The van der Waals surface area contributed by atoms with Gasteiger partial charge < -0.3 is 28.8 Å². The van der Waals surface area contributed by atoms with Gasteiger partial charge in [-0.15, -0.1) is 0 Å². The Hall–Kier alpha value is -3.02. The van der Waals surface area contributed by atoms with Crippen LogP contribution in [0.25, 0.3) is 0 Å². The maximum Gasteiger partial charge on any atom is 0.317 e. The highest BCUT2D eigenvalue weighted by Gasteiger charge is 2.73. The maximum absolute atomic E-state index is 13.5. The number of methoxy groups -OCH3 is 3. The van der Waals surface area contributed by atoms with E-state index in [9.17, 15) is 33.9 Å². The van der Waals surface area contributed by atoms with Crippen molar-refractivity contribution in [2.45, 2.75) is 46.0 Å². The number of ether oxygens (including phenoxy) is 5. The van der Waals surface area contributed by atoms with Gasteiger partial charge in [0, 0.05) is 0 Å². The molecule has 0 aromatic rings. The van der Waals surface area contributed by atoms with Crippen LogP contribution in [0.5, 0.6) is 0 Å². The third-order valence-electron chi connectivity index (χ3n) is 14.6. The van der Waals surface area contributed by atoms with Gasteiger partial charge in [0.15, 0.2) is 6.79 Å². The predicted molar refractivity (Wildman–Crippen MR) is 158 cm³/mol. The van der Waals surface area contributed by atoms with Crippen molar-refractivity contribution in [2.24, 2.45) is 107 Å². The summed E-state index contributed by atoms with van der Waals surface area (Å²) in [5.74, 6) is -7.46. The molecular weight excluding hydrogens is 612 g/mol. The number of esters is 6. The standard InChI is InChI=1S/C35H46O12/c1-12-14-6-16(18(7-14)31(38)43-3)22(12)24-15-8-17(19(9-15)32(39)46-11-36)25(24)27-21-10-20(26(27)23-13(2)30(37)47-35(23)42)28(33(40)44-4)29(21)34(41)45-5/h12-29,36H,6-11H2,1-5H3. The Morgan fingerprint density at radius 2 is 1.17 bits per heavy atom. The predicted octanol–water partition coefficient (Wildman–Crippen LogP) is 2.25. The van der Waals surface area contributed by atoms with E-state index in [2.05, 4.69) is 6.92 Å². The molecule has 6 saturated carbocycles. The molecule has 0 amide bonds. The van der Waals surface area contributed by atoms with Crippen molar-refractivity contribution in [3.8, 4) is 0 Å². The van der Waals surface area contributed by atoms with E-state index in [0.29, 0.717) is 24.7 Å². The van der Waals surface area contributed by atoms with Gasteiger partial charge in [-0.05, 0) is 103 Å². The molecule has 6 aliphatic carbocycles. The molecule has 7 aliphatic rings. The molecule has 7 rings (SSSR count). The molecule has 1 N–H and O–H groups in total. The normalized spacial score (nSPS) is 48.9. The molecule has 12 nitrogen and oxygen atoms in total. The average molecular weight is 659 g/mol. The van der Waals surface area contributed by atoms with E-state index in [0.717, 1.165) is 19.3 Å². The van der Waals surface area contributed by atoms with Gasteiger partial charge in [0.25, 0.3) is 0 Å². The highest BCUT2D eigenvalue weighted by atomic mass is 16.6. The highest BCUT2D eigenvalue weighted by molar-refractivity contribution is 5.96. The largest absolute Gasteiger partial charge is 0.469 e. The zero-order valence-electron chi connectivity index (χ0n) is 27.6. The second kappa shape index (κ2) is 11.8. The van der Waals surface area contributed by atoms with Crippen LogP contribution in [0, 0.1) is 107 Å². The SMILES string of the molecule is COC(=O)C1CC2CC1C(C1C3CC(C(=O)OCO)C(C3)C1C1C3CC(C(C(=O)OC)C3C(=O)OC)C1C1C(=O)OC(=O)C1C)C2C. The van der Waals surface area contributed by atoms with Gasteiger partial charge >= 0.3 is 35.8 Å². The van der Waals surface area contributed by atoms with Crippen LogP contribution in [-0.2, 0) is 52.5 Å². The van der Waals surface area contributed by atoms with Crippen molar-refractivity contribution < 1.29 is 57.6 Å². The fraction of sp³-hybridized carbons (Fsp3) is 0.829. The summed E-state index contributed by atoms with van der Waals surface area (Å²) in [6.07, 6.45) is 3.55. The first-order chi connectivity index (χ1) is 22.5. The first-order valence-electron chi connectivity index (χ1n) is 17.2. The van der Waals surface area contributed by atoms with E-state index in [4.69, 9.17) is 23.7 Å². The van der Waals surface area contributed by atoms with Gasteiger partial charge in [-0.2, -0.15) is 0 Å². The molecule has 1 heterocycles. The maximum atomic E-state index is 13.5. The fourth-order valence-corrected chi connectivity index (χ4v) is 13.3. The molecule has 0 radical (unpaired) electrons. The van der Waals surface area contributed by atoms with Gasteiger partial charge in [0.1, 0.15) is 0 Å². The summed E-state index contributed by atoms with van der Waals surface area (Å²) in [6.45, 7) is 3.23. The number of hydrogen-bond acceptors (Lipinski definition) is 12. The van der Waals surface area contributed by atoms with Gasteiger partial charge in [0.05, 0.1) is 56.8 Å². The molecule has 18 unspecified atom stereocenters. The van der Waals surface area contributed by atoms with E-state index in [1.54, 1.807) is 6.92 Å². The molecule has 18 atom stereocenters. The number of cyclic esters (lactones) is 2. The molecular formula is C35H46O12. The smallest absolute Gasteiger partial charge is 0.317 e. The Morgan fingerprint density at radius 3 is 1.72 bits per heavy atom. The van der Waals surface area contributed by atoms with Crippen LogP contribution in [-0.4, -0.2) is 69.0 Å². The van der Waals surface area contributed by atoms with Crippen LogP contribution in [0.4, 0.5) is 0 Å². The quantitative estimate of drug-likeness (QED) is 0.175. The second-order valence-corrected chi connectivity index (χ2v) is 15.6. The summed E-state index contributed by atoms with van der Waals surface area (Å²) in [5.41, 5.74) is 0. The summed E-state index contributed by atoms with van der Waals surface area (Å²) in [5, 5.41) is 9.50. The Labute approximate surface area is 273 Å². The third-order valence-corrected chi connectivity index (χ3v) is 14.6. The Kier molecular flexibility index (Phi) is 8.19. The van der Waals surface area contributed by atoms with Gasteiger partial charge in [-0.1, -0.05) is 13.8 Å². The van der Waals surface area contributed by atoms with E-state index in [1.807, 2.05) is 0 Å². The summed E-state index contributed by atoms with van der Waals surface area (Å²) in [6, 6.07) is 0. The monoisotopic (exact) mass is 658 g/mol. The third kappa shape index (κ3) is 4.55. The minimum Gasteiger partial charge on any atom is -0.469 e. The molecule has 0 spiro atoms. The fourth-order valence-electron chi connectivity index (χ4n) is 13.3. The molecule has 12 heteroatoms. The molecule has 7 fully saturated rings. The first-order valence-corrected chi connectivity index (χ1v) is 17.2. The van der Waals surface area contributed by atoms with E-state index >= 15 is 0 Å². The lowest BCUT2D eigenvalue weighted by molar-refractivity contribution is -0.171. The van der Waals surface area contributed by atoms with Crippen LogP contribution < -0.4 is 0 Å². The lowest BCUT2D eigenvalue weighted by atomic mass is 9.51. The van der Waals surface area contributed by atoms with Gasteiger partial charge in [-0.25, -0.2) is 0 Å². The lowest BCUT2D eigenvalue weighted by Crippen LogP contribution is -2.53. The number of rotatable bonds is 8. The summed E-state index contributed by atoms with van der Waals surface area (Å²) in [4.78, 5) is 79.6. The van der Waals surface area contributed by atoms with Gasteiger partial charge in [0.2, 0.25) is 0 Å². The van der Waals surface area contributed by atoms with Crippen LogP contribution in [0.3, 0.4) is 0 Å². The van der Waals surface area contributed by atoms with Gasteiger partial charge in [-0.3, -0.25) is 28.8 Å². The highest BCUT2D eigenvalue weighted by Crippen LogP contribution is 2.73. The number of carbonyl (C=O) groups excluding carboxylic acids is 6. The minimum atomic E-state index is -0.841. The Balaban J connectivity index is 1.36. The lowest BCUT2D eigenvalue weighted by Gasteiger charge is -2.52. The Bertz CT molecular complexity index is 1360. The van der Waals surface area contributed by atoms with Crippen molar-refractivity contribution in [3.63, 3.8) is 0 Å². The summed E-state index contributed by atoms with van der Waals surface area (Å²) >= 11 is 0. The summed E-state index contributed by atoms with van der Waals surface area (Å²) < 4.78 is 26.1. The molecule has 1 aliphatic heterocycles. The molecule has 0 aromatic heterocycles. The molecule has 1 saturated heterocycles. The van der Waals surface area contributed by atoms with Crippen molar-refractivity contribution in [2.75, 3.05) is 28.1 Å². The number of hydrogen-bond donors (Lipinski definition) is 1.